The highest BCUT2D eigenvalue weighted by atomic mass is 16.5. The SMILES string of the molecule is CC1(OCCCCO)CNC1. The van der Waals surface area contributed by atoms with Gasteiger partial charge in [0.25, 0.3) is 0 Å². The van der Waals surface area contributed by atoms with Gasteiger partial charge in [-0.05, 0) is 19.8 Å². The summed E-state index contributed by atoms with van der Waals surface area (Å²) in [6.07, 6.45) is 1.82. The molecule has 0 aromatic heterocycles. The highest BCUT2D eigenvalue weighted by Gasteiger charge is 2.31. The van der Waals surface area contributed by atoms with Crippen LogP contribution in [-0.2, 0) is 4.74 Å². The maximum absolute atomic E-state index is 8.50. The van der Waals surface area contributed by atoms with Crippen molar-refractivity contribution < 1.29 is 9.84 Å². The normalized spacial score (nSPS) is 21.3. The zero-order valence-electron chi connectivity index (χ0n) is 7.10. The van der Waals surface area contributed by atoms with Crippen molar-refractivity contribution in [3.63, 3.8) is 0 Å². The highest BCUT2D eigenvalue weighted by Crippen LogP contribution is 2.15. The first-order valence-corrected chi connectivity index (χ1v) is 4.22. The summed E-state index contributed by atoms with van der Waals surface area (Å²) in [4.78, 5) is 0. The molecule has 0 aromatic carbocycles. The molecule has 1 aliphatic rings. The third-order valence-electron chi connectivity index (χ3n) is 2.00. The topological polar surface area (TPSA) is 41.5 Å². The lowest BCUT2D eigenvalue weighted by molar-refractivity contribution is -0.0682. The summed E-state index contributed by atoms with van der Waals surface area (Å²) in [5.74, 6) is 0. The van der Waals surface area contributed by atoms with E-state index >= 15 is 0 Å². The van der Waals surface area contributed by atoms with Gasteiger partial charge in [0, 0.05) is 26.3 Å². The average Bonchev–Trinajstić information content (AvgIpc) is 1.95. The first kappa shape index (κ1) is 8.97. The molecular formula is C8H17NO2. The van der Waals surface area contributed by atoms with E-state index in [0.29, 0.717) is 0 Å². The molecule has 0 amide bonds. The molecule has 3 heteroatoms. The molecule has 1 aliphatic heterocycles. The van der Waals surface area contributed by atoms with E-state index in [-0.39, 0.29) is 12.2 Å². The quantitative estimate of drug-likeness (QED) is 0.561. The molecule has 3 nitrogen and oxygen atoms in total. The van der Waals surface area contributed by atoms with E-state index in [4.69, 9.17) is 9.84 Å². The van der Waals surface area contributed by atoms with E-state index in [0.717, 1.165) is 32.5 Å². The fourth-order valence-electron chi connectivity index (χ4n) is 1.11. The third-order valence-corrected chi connectivity index (χ3v) is 2.00. The smallest absolute Gasteiger partial charge is 0.0901 e. The van der Waals surface area contributed by atoms with E-state index in [9.17, 15) is 0 Å². The Hall–Kier alpha value is -0.120. The molecule has 1 heterocycles. The monoisotopic (exact) mass is 159 g/mol. The Morgan fingerprint density at radius 1 is 1.45 bits per heavy atom. The number of nitrogens with one attached hydrogen (secondary N) is 1. The van der Waals surface area contributed by atoms with Crippen LogP contribution in [0.25, 0.3) is 0 Å². The zero-order valence-corrected chi connectivity index (χ0v) is 7.10. The van der Waals surface area contributed by atoms with Gasteiger partial charge in [0.05, 0.1) is 5.60 Å². The number of hydrogen-bond acceptors (Lipinski definition) is 3. The molecule has 66 valence electrons. The van der Waals surface area contributed by atoms with E-state index < -0.39 is 0 Å². The third kappa shape index (κ3) is 2.77. The van der Waals surface area contributed by atoms with Crippen LogP contribution in [0.15, 0.2) is 0 Å². The van der Waals surface area contributed by atoms with Gasteiger partial charge in [-0.1, -0.05) is 0 Å². The molecule has 0 radical (unpaired) electrons. The summed E-state index contributed by atoms with van der Waals surface area (Å²) in [7, 11) is 0. The number of aliphatic hydroxyl groups is 1. The van der Waals surface area contributed by atoms with Crippen LogP contribution in [0.3, 0.4) is 0 Å². The van der Waals surface area contributed by atoms with Gasteiger partial charge in [0.1, 0.15) is 0 Å². The molecule has 0 saturated carbocycles. The van der Waals surface area contributed by atoms with E-state index in [1.54, 1.807) is 0 Å². The maximum atomic E-state index is 8.50. The summed E-state index contributed by atoms with van der Waals surface area (Å²) in [6, 6.07) is 0. The van der Waals surface area contributed by atoms with Crippen molar-refractivity contribution in [2.24, 2.45) is 0 Å². The van der Waals surface area contributed by atoms with Crippen molar-refractivity contribution in [2.45, 2.75) is 25.4 Å². The molecule has 11 heavy (non-hydrogen) atoms. The number of unbranched alkanes of at least 4 members (excludes halogenated alkanes) is 1. The second kappa shape index (κ2) is 4.04. The largest absolute Gasteiger partial charge is 0.396 e. The summed E-state index contributed by atoms with van der Waals surface area (Å²) in [6.45, 7) is 5.10. The predicted octanol–water partition coefficient (Wildman–Crippen LogP) is 0.137. The second-order valence-electron chi connectivity index (χ2n) is 3.33. The Morgan fingerprint density at radius 3 is 2.64 bits per heavy atom. The Labute approximate surface area is 67.7 Å². The predicted molar refractivity (Wildman–Crippen MR) is 43.5 cm³/mol. The van der Waals surface area contributed by atoms with Crippen molar-refractivity contribution in [1.29, 1.82) is 0 Å². The van der Waals surface area contributed by atoms with Gasteiger partial charge in [-0.15, -0.1) is 0 Å². The molecule has 0 aliphatic carbocycles. The molecule has 0 aromatic rings. The summed E-state index contributed by atoms with van der Waals surface area (Å²) < 4.78 is 5.59. The van der Waals surface area contributed by atoms with Crippen LogP contribution in [0.1, 0.15) is 19.8 Å². The fraction of sp³-hybridized carbons (Fsp3) is 1.00. The maximum Gasteiger partial charge on any atom is 0.0901 e. The van der Waals surface area contributed by atoms with E-state index in [1.165, 1.54) is 0 Å². The number of hydrogen-bond donors (Lipinski definition) is 2. The minimum Gasteiger partial charge on any atom is -0.396 e. The molecule has 0 unspecified atom stereocenters. The summed E-state index contributed by atoms with van der Waals surface area (Å²) in [5, 5.41) is 11.7. The fourth-order valence-corrected chi connectivity index (χ4v) is 1.11. The minimum absolute atomic E-state index is 0.0788. The second-order valence-corrected chi connectivity index (χ2v) is 3.33. The standard InChI is InChI=1S/C8H17NO2/c1-8(6-9-7-8)11-5-3-2-4-10/h9-10H,2-7H2,1H3. The van der Waals surface area contributed by atoms with Gasteiger partial charge < -0.3 is 15.2 Å². The van der Waals surface area contributed by atoms with Crippen molar-refractivity contribution in [2.75, 3.05) is 26.3 Å². The summed E-state index contributed by atoms with van der Waals surface area (Å²) in [5.41, 5.74) is 0.0788. The molecule has 0 bridgehead atoms. The minimum atomic E-state index is 0.0788. The van der Waals surface area contributed by atoms with Crippen LogP contribution >= 0.6 is 0 Å². The Balaban J connectivity index is 1.94. The molecule has 1 fully saturated rings. The van der Waals surface area contributed by atoms with Crippen molar-refractivity contribution in [1.82, 2.24) is 5.32 Å². The van der Waals surface area contributed by atoms with E-state index in [1.807, 2.05) is 0 Å². The number of aliphatic hydroxyl groups excluding tert-OH is 1. The molecule has 0 atom stereocenters. The number of rotatable bonds is 5. The van der Waals surface area contributed by atoms with Crippen LogP contribution in [0.5, 0.6) is 0 Å². The van der Waals surface area contributed by atoms with Crippen LogP contribution in [0.4, 0.5) is 0 Å². The van der Waals surface area contributed by atoms with Gasteiger partial charge in [0.15, 0.2) is 0 Å². The molecule has 1 rings (SSSR count). The lowest BCUT2D eigenvalue weighted by atomic mass is 10.0. The first-order valence-electron chi connectivity index (χ1n) is 4.22. The van der Waals surface area contributed by atoms with Crippen molar-refractivity contribution in [3.05, 3.63) is 0 Å². The van der Waals surface area contributed by atoms with E-state index in [2.05, 4.69) is 12.2 Å². The highest BCUT2D eigenvalue weighted by molar-refractivity contribution is 4.89. The average molecular weight is 159 g/mol. The zero-order chi connectivity index (χ0) is 8.16. The van der Waals surface area contributed by atoms with Crippen molar-refractivity contribution >= 4 is 0 Å². The molecule has 2 N–H and O–H groups in total. The van der Waals surface area contributed by atoms with Gasteiger partial charge in [-0.25, -0.2) is 0 Å². The van der Waals surface area contributed by atoms with Gasteiger partial charge in [0.2, 0.25) is 0 Å². The lowest BCUT2D eigenvalue weighted by Gasteiger charge is -2.39. The van der Waals surface area contributed by atoms with Crippen LogP contribution in [-0.4, -0.2) is 37.0 Å². The lowest BCUT2D eigenvalue weighted by Crippen LogP contribution is -2.59. The van der Waals surface area contributed by atoms with Crippen LogP contribution < -0.4 is 5.32 Å². The van der Waals surface area contributed by atoms with Crippen LogP contribution in [0.2, 0.25) is 0 Å². The molecular weight excluding hydrogens is 142 g/mol. The molecule has 1 saturated heterocycles. The Morgan fingerprint density at radius 2 is 2.18 bits per heavy atom. The van der Waals surface area contributed by atoms with Crippen molar-refractivity contribution in [3.8, 4) is 0 Å². The Bertz CT molecular complexity index is 113. The number of ether oxygens (including phenoxy) is 1. The van der Waals surface area contributed by atoms with Crippen LogP contribution in [0, 0.1) is 0 Å². The first-order chi connectivity index (χ1) is 5.27. The van der Waals surface area contributed by atoms with Gasteiger partial charge in [-0.2, -0.15) is 0 Å². The summed E-state index contributed by atoms with van der Waals surface area (Å²) >= 11 is 0. The Kier molecular flexibility index (Phi) is 3.30. The van der Waals surface area contributed by atoms with Gasteiger partial charge in [-0.3, -0.25) is 0 Å². The van der Waals surface area contributed by atoms with Gasteiger partial charge >= 0.3 is 0 Å². The molecule has 0 spiro atoms.